The van der Waals surface area contributed by atoms with E-state index in [1.807, 2.05) is 18.0 Å². The number of hydrogen-bond acceptors (Lipinski definition) is 3. The van der Waals surface area contributed by atoms with Crippen LogP contribution in [0.4, 0.5) is 0 Å². The molecule has 1 N–H and O–H groups in total. The smallest absolute Gasteiger partial charge is 0.114 e. The van der Waals surface area contributed by atoms with E-state index < -0.39 is 0 Å². The first-order valence-electron chi connectivity index (χ1n) is 8.69. The summed E-state index contributed by atoms with van der Waals surface area (Å²) in [6, 6.07) is 2.76. The molecule has 2 nitrogen and oxygen atoms in total. The lowest BCUT2D eigenvalue weighted by Gasteiger charge is -2.27. The molecule has 0 aromatic carbocycles. The highest BCUT2D eigenvalue weighted by Gasteiger charge is 2.22. The van der Waals surface area contributed by atoms with Crippen LogP contribution in [-0.2, 0) is 0 Å². The van der Waals surface area contributed by atoms with Crippen molar-refractivity contribution in [1.82, 2.24) is 5.32 Å². The van der Waals surface area contributed by atoms with Crippen LogP contribution < -0.4 is 5.32 Å². The molecule has 21 heavy (non-hydrogen) atoms. The van der Waals surface area contributed by atoms with Gasteiger partial charge in [-0.2, -0.15) is 0 Å². The first kappa shape index (κ1) is 17.0. The van der Waals surface area contributed by atoms with Gasteiger partial charge in [-0.15, -0.1) is 11.8 Å². The molecule has 2 rings (SSSR count). The summed E-state index contributed by atoms with van der Waals surface area (Å²) in [5.74, 6) is 1.07. The van der Waals surface area contributed by atoms with Gasteiger partial charge in [0.25, 0.3) is 0 Å². The molecule has 0 radical (unpaired) electrons. The van der Waals surface area contributed by atoms with Crippen molar-refractivity contribution in [1.29, 1.82) is 0 Å². The van der Waals surface area contributed by atoms with E-state index in [2.05, 4.69) is 25.4 Å². The maximum absolute atomic E-state index is 5.47. The largest absolute Gasteiger partial charge is 0.468 e. The van der Waals surface area contributed by atoms with E-state index in [0.29, 0.717) is 11.3 Å². The van der Waals surface area contributed by atoms with Crippen molar-refractivity contribution in [2.45, 2.75) is 87.3 Å². The highest BCUT2D eigenvalue weighted by molar-refractivity contribution is 8.00. The standard InChI is InChI=1S/C18H31NOS/c1-15-17(13-14-20-15)21-18-12-10-8-6-4-3-5-7-9-11-16(18)19-2/h13-14,16,18-19H,3-12H2,1-2H3. The molecule has 2 atom stereocenters. The third kappa shape index (κ3) is 5.71. The zero-order valence-electron chi connectivity index (χ0n) is 13.7. The Labute approximate surface area is 134 Å². The molecule has 3 heteroatoms. The van der Waals surface area contributed by atoms with Crippen molar-refractivity contribution in [3.63, 3.8) is 0 Å². The van der Waals surface area contributed by atoms with Gasteiger partial charge in [0.1, 0.15) is 5.76 Å². The van der Waals surface area contributed by atoms with Crippen LogP contribution in [0.1, 0.15) is 70.0 Å². The Hall–Kier alpha value is -0.410. The van der Waals surface area contributed by atoms with Gasteiger partial charge in [0.05, 0.1) is 6.26 Å². The van der Waals surface area contributed by atoms with Crippen LogP contribution in [0.5, 0.6) is 0 Å². The molecule has 1 aromatic heterocycles. The minimum absolute atomic E-state index is 0.628. The monoisotopic (exact) mass is 309 g/mol. The predicted octanol–water partition coefficient (Wildman–Crippen LogP) is 5.55. The second-order valence-electron chi connectivity index (χ2n) is 6.30. The molecule has 0 saturated heterocycles. The molecule has 2 unspecified atom stereocenters. The first-order chi connectivity index (χ1) is 10.3. The molecule has 0 spiro atoms. The van der Waals surface area contributed by atoms with Crippen molar-refractivity contribution in [2.75, 3.05) is 7.05 Å². The van der Waals surface area contributed by atoms with E-state index in [1.165, 1.54) is 69.1 Å². The molecular formula is C18H31NOS. The number of rotatable bonds is 3. The SMILES string of the molecule is CNC1CCCCCCCCCCC1Sc1ccoc1C. The van der Waals surface area contributed by atoms with Gasteiger partial charge in [-0.1, -0.05) is 51.4 Å². The van der Waals surface area contributed by atoms with E-state index in [-0.39, 0.29) is 0 Å². The molecule has 1 saturated carbocycles. The van der Waals surface area contributed by atoms with Crippen molar-refractivity contribution in [2.24, 2.45) is 0 Å². The maximum Gasteiger partial charge on any atom is 0.114 e. The average Bonchev–Trinajstić information content (AvgIpc) is 2.87. The lowest BCUT2D eigenvalue weighted by molar-refractivity contribution is 0.434. The third-order valence-electron chi connectivity index (χ3n) is 4.66. The summed E-state index contributed by atoms with van der Waals surface area (Å²) in [4.78, 5) is 1.33. The zero-order valence-corrected chi connectivity index (χ0v) is 14.5. The molecule has 1 heterocycles. The average molecular weight is 310 g/mol. The Morgan fingerprint density at radius 1 is 1.00 bits per heavy atom. The Morgan fingerprint density at radius 3 is 2.19 bits per heavy atom. The molecule has 1 aromatic rings. The van der Waals surface area contributed by atoms with E-state index in [1.54, 1.807) is 0 Å². The van der Waals surface area contributed by atoms with Crippen LogP contribution in [0.25, 0.3) is 0 Å². The fourth-order valence-electron chi connectivity index (χ4n) is 3.29. The van der Waals surface area contributed by atoms with Crippen LogP contribution in [0.2, 0.25) is 0 Å². The van der Waals surface area contributed by atoms with Gasteiger partial charge in [-0.05, 0) is 32.9 Å². The van der Waals surface area contributed by atoms with Crippen LogP contribution in [0.15, 0.2) is 21.6 Å². The Bertz CT molecular complexity index is 390. The molecule has 1 aliphatic rings. The second-order valence-corrected chi connectivity index (χ2v) is 7.58. The van der Waals surface area contributed by atoms with Crippen molar-refractivity contribution in [3.05, 3.63) is 18.1 Å². The summed E-state index contributed by atoms with van der Waals surface area (Å²) in [5.41, 5.74) is 0. The zero-order chi connectivity index (χ0) is 14.9. The fraction of sp³-hybridized carbons (Fsp3) is 0.778. The Kier molecular flexibility index (Phi) is 7.73. The summed E-state index contributed by atoms with van der Waals surface area (Å²) in [5, 5.41) is 4.26. The van der Waals surface area contributed by atoms with Crippen LogP contribution in [0, 0.1) is 6.92 Å². The van der Waals surface area contributed by atoms with E-state index >= 15 is 0 Å². The van der Waals surface area contributed by atoms with Gasteiger partial charge in [0, 0.05) is 16.2 Å². The quantitative estimate of drug-likeness (QED) is 0.792. The number of nitrogens with one attached hydrogen (secondary N) is 1. The van der Waals surface area contributed by atoms with E-state index in [4.69, 9.17) is 4.42 Å². The molecule has 1 aliphatic carbocycles. The summed E-state index contributed by atoms with van der Waals surface area (Å²) < 4.78 is 5.47. The van der Waals surface area contributed by atoms with Crippen LogP contribution in [-0.4, -0.2) is 18.3 Å². The van der Waals surface area contributed by atoms with Gasteiger partial charge < -0.3 is 9.73 Å². The third-order valence-corrected chi connectivity index (χ3v) is 6.21. The fourth-order valence-corrected chi connectivity index (χ4v) is 4.68. The predicted molar refractivity (Wildman–Crippen MR) is 92.1 cm³/mol. The summed E-state index contributed by atoms with van der Waals surface area (Å²) >= 11 is 2.02. The van der Waals surface area contributed by atoms with Crippen LogP contribution >= 0.6 is 11.8 Å². The number of thioether (sulfide) groups is 1. The van der Waals surface area contributed by atoms with Gasteiger partial charge >= 0.3 is 0 Å². The maximum atomic E-state index is 5.47. The lowest BCUT2D eigenvalue weighted by Crippen LogP contribution is -2.35. The minimum Gasteiger partial charge on any atom is -0.468 e. The van der Waals surface area contributed by atoms with Gasteiger partial charge in [-0.25, -0.2) is 0 Å². The highest BCUT2D eigenvalue weighted by Crippen LogP contribution is 2.33. The van der Waals surface area contributed by atoms with Gasteiger partial charge in [0.2, 0.25) is 0 Å². The molecule has 1 fully saturated rings. The molecule has 0 aliphatic heterocycles. The number of aryl methyl sites for hydroxylation is 1. The summed E-state index contributed by atoms with van der Waals surface area (Å²) in [6.07, 6.45) is 15.7. The second kappa shape index (κ2) is 9.58. The van der Waals surface area contributed by atoms with E-state index in [0.717, 1.165) is 5.76 Å². The van der Waals surface area contributed by atoms with Gasteiger partial charge in [-0.3, -0.25) is 0 Å². The van der Waals surface area contributed by atoms with Crippen molar-refractivity contribution < 1.29 is 4.42 Å². The summed E-state index contributed by atoms with van der Waals surface area (Å²) in [6.45, 7) is 2.08. The van der Waals surface area contributed by atoms with Crippen molar-refractivity contribution in [3.8, 4) is 0 Å². The minimum atomic E-state index is 0.628. The van der Waals surface area contributed by atoms with E-state index in [9.17, 15) is 0 Å². The molecule has 0 amide bonds. The Morgan fingerprint density at radius 2 is 1.62 bits per heavy atom. The van der Waals surface area contributed by atoms with Crippen LogP contribution in [0.3, 0.4) is 0 Å². The van der Waals surface area contributed by atoms with Crippen molar-refractivity contribution >= 4 is 11.8 Å². The molecular weight excluding hydrogens is 278 g/mol. The Balaban J connectivity index is 1.97. The highest BCUT2D eigenvalue weighted by atomic mass is 32.2. The molecule has 0 bridgehead atoms. The number of furan rings is 1. The number of hydrogen-bond donors (Lipinski definition) is 1. The topological polar surface area (TPSA) is 25.2 Å². The summed E-state index contributed by atoms with van der Waals surface area (Å²) in [7, 11) is 2.13. The first-order valence-corrected chi connectivity index (χ1v) is 9.57. The normalized spacial score (nSPS) is 26.0. The lowest BCUT2D eigenvalue weighted by atomic mass is 9.97. The van der Waals surface area contributed by atoms with Gasteiger partial charge in [0.15, 0.2) is 0 Å². The molecule has 120 valence electrons.